The molecule has 27 nitrogen and oxygen atoms in total. The molecule has 666 valence electrons. The van der Waals surface area contributed by atoms with E-state index >= 15 is 0 Å². The highest BCUT2D eigenvalue weighted by molar-refractivity contribution is 5.79. The first-order valence-corrected chi connectivity index (χ1v) is 38.6. The van der Waals surface area contributed by atoms with Gasteiger partial charge in [-0.3, -0.25) is 47.9 Å². The molecule has 0 N–H and O–H groups in total. The lowest BCUT2D eigenvalue weighted by Gasteiger charge is -2.16. The molecule has 0 aromatic rings. The quantitative estimate of drug-likeness (QED) is 0.0353. The predicted molar refractivity (Wildman–Crippen MR) is 437 cm³/mol. The van der Waals surface area contributed by atoms with Crippen molar-refractivity contribution in [1.82, 2.24) is 0 Å². The van der Waals surface area contributed by atoms with Gasteiger partial charge in [0.05, 0.1) is 133 Å². The Kier molecular flexibility index (Phi) is 80.8. The van der Waals surface area contributed by atoms with Crippen LogP contribution in [-0.4, -0.2) is 221 Å². The van der Waals surface area contributed by atoms with Crippen molar-refractivity contribution in [3.63, 3.8) is 0 Å². The molecule has 0 bridgehead atoms. The molecule has 0 radical (unpaired) electrons. The van der Waals surface area contributed by atoms with E-state index in [4.69, 9.17) is 80.5 Å². The van der Waals surface area contributed by atoms with Crippen LogP contribution in [0.1, 0.15) is 274 Å². The van der Waals surface area contributed by atoms with Crippen LogP contribution >= 0.6 is 0 Å². The Morgan fingerprint density at radius 1 is 0.153 bits per heavy atom. The summed E-state index contributed by atoms with van der Waals surface area (Å²) in [6, 6.07) is 0. The van der Waals surface area contributed by atoms with E-state index < -0.39 is 32.5 Å². The highest BCUT2D eigenvalue weighted by atomic mass is 16.6. The van der Waals surface area contributed by atoms with Crippen LogP contribution in [0.15, 0.2) is 0 Å². The normalized spacial score (nSPS) is 11.3. The van der Waals surface area contributed by atoms with E-state index in [1.54, 1.807) is 35.5 Å². The smallest absolute Gasteiger partial charge is 0.311 e. The summed E-state index contributed by atoms with van der Waals surface area (Å²) >= 11 is 0. The summed E-state index contributed by atoms with van der Waals surface area (Å²) in [5.74, 6) is -1.58. The Morgan fingerprint density at radius 3 is 0.369 bits per heavy atom. The molecule has 0 rings (SSSR count). The summed E-state index contributed by atoms with van der Waals surface area (Å²) < 4.78 is 83.2. The summed E-state index contributed by atoms with van der Waals surface area (Å²) in [5.41, 5.74) is -3.89. The molecule has 0 saturated heterocycles. The highest BCUT2D eigenvalue weighted by Crippen LogP contribution is 2.21. The molecular weight excluding hydrogens is 1440 g/mol. The average molecular weight is 1610 g/mol. The largest absolute Gasteiger partial charge is 0.465 e. The fourth-order valence-corrected chi connectivity index (χ4v) is 4.69. The van der Waals surface area contributed by atoms with Gasteiger partial charge in [0, 0.05) is 42.2 Å². The fourth-order valence-electron chi connectivity index (χ4n) is 4.69. The summed E-state index contributed by atoms with van der Waals surface area (Å²) in [4.78, 5) is 111. The molecular formula is C84H168O27. The summed E-state index contributed by atoms with van der Waals surface area (Å²) in [7, 11) is 7.91. The second-order valence-electron chi connectivity index (χ2n) is 35.0. The summed E-state index contributed by atoms with van der Waals surface area (Å²) in [6.07, 6.45) is 4.56. The number of methoxy groups -OCH3 is 5. The van der Waals surface area contributed by atoms with E-state index in [2.05, 4.69) is 0 Å². The Hall–Kier alpha value is -5.58. The number of rotatable bonds is 31. The third-order valence-electron chi connectivity index (χ3n) is 11.7. The van der Waals surface area contributed by atoms with E-state index in [1.807, 2.05) is 242 Å². The van der Waals surface area contributed by atoms with Crippen LogP contribution in [0.25, 0.3) is 0 Å². The van der Waals surface area contributed by atoms with E-state index in [0.717, 1.165) is 38.7 Å². The van der Waals surface area contributed by atoms with Gasteiger partial charge in [-0.1, -0.05) is 34.6 Å². The Morgan fingerprint density at radius 2 is 0.252 bits per heavy atom. The molecule has 0 heterocycles. The van der Waals surface area contributed by atoms with Crippen LogP contribution in [0.3, 0.4) is 0 Å². The molecule has 0 saturated carbocycles. The van der Waals surface area contributed by atoms with Gasteiger partial charge < -0.3 is 80.5 Å². The van der Waals surface area contributed by atoms with Crippen molar-refractivity contribution in [2.75, 3.05) is 161 Å². The zero-order chi connectivity index (χ0) is 89.8. The fraction of sp³-hybridized carbons (Fsp3) is 0.881. The van der Waals surface area contributed by atoms with Crippen LogP contribution in [-0.2, 0) is 128 Å². The highest BCUT2D eigenvalue weighted by Gasteiger charge is 2.29. The lowest BCUT2D eigenvalue weighted by Crippen LogP contribution is -2.24. The maximum atomic E-state index is 11.3. The minimum absolute atomic E-state index is 0.116. The van der Waals surface area contributed by atoms with Gasteiger partial charge in [0.1, 0.15) is 39.6 Å². The van der Waals surface area contributed by atoms with Crippen molar-refractivity contribution in [1.29, 1.82) is 0 Å². The molecule has 0 atom stereocenters. The van der Waals surface area contributed by atoms with Crippen molar-refractivity contribution < 1.29 is 128 Å². The molecule has 0 aromatic heterocycles. The molecule has 0 aliphatic carbocycles. The molecule has 0 fully saturated rings. The van der Waals surface area contributed by atoms with E-state index in [-0.39, 0.29) is 81.4 Å². The van der Waals surface area contributed by atoms with E-state index in [1.165, 1.54) is 0 Å². The number of hydrogen-bond acceptors (Lipinski definition) is 27. The first-order valence-electron chi connectivity index (χ1n) is 38.6. The van der Waals surface area contributed by atoms with Crippen molar-refractivity contribution in [3.8, 4) is 0 Å². The molecule has 27 heteroatoms. The van der Waals surface area contributed by atoms with E-state index in [9.17, 15) is 47.9 Å². The minimum Gasteiger partial charge on any atom is -0.465 e. The molecule has 0 aliphatic heterocycles. The second kappa shape index (κ2) is 71.0. The first-order chi connectivity index (χ1) is 50.3. The predicted octanol–water partition coefficient (Wildman–Crippen LogP) is 16.1. The van der Waals surface area contributed by atoms with Crippen molar-refractivity contribution in [2.24, 2.45) is 54.1 Å². The SMILES string of the molecule is CCCOC(=O)C(C)(C)C.CCCOC(=O)C(C)(C)C.CCCOC(=O)C(C)(C)C.CCCOC(=O)C(C)(C)C.CCCOCCOC(=O)C(C)(C)C.COCCOC(=O)C(C)(C)C.COCCOC(=O)C(C)(C)C.COCCOC(=O)C(C)(C)C.COCCOC(=O)C(C)(C)C.COCCOCCOC(=O)C(C)(C)C. The number of esters is 10. The van der Waals surface area contributed by atoms with Gasteiger partial charge in [-0.15, -0.1) is 0 Å². The van der Waals surface area contributed by atoms with Gasteiger partial charge in [-0.05, 0) is 240 Å². The van der Waals surface area contributed by atoms with Crippen molar-refractivity contribution in [2.45, 2.75) is 274 Å². The standard InChI is InChI=1S/C10H20O4.C10H20O3.4C8H16O3.4C8H16O2/c1-10(2,3)9(11)14-8-7-13-6-5-12-4;1-5-6-12-7-8-13-9(11)10(2,3)4;4*1-8(2,3)7(9)11-6-5-10-4;4*1-5-6-10-7(9)8(2,3)4/h5-8H2,1-4H3;5-8H2,1-4H3;4*5-6H2,1-4H3;4*5-6H2,1-4H3. The Bertz CT molecular complexity index is 2070. The van der Waals surface area contributed by atoms with Gasteiger partial charge in [-0.25, -0.2) is 0 Å². The lowest BCUT2D eigenvalue weighted by molar-refractivity contribution is -0.155. The van der Waals surface area contributed by atoms with Crippen molar-refractivity contribution >= 4 is 59.7 Å². The zero-order valence-corrected chi connectivity index (χ0v) is 78.0. The van der Waals surface area contributed by atoms with Crippen LogP contribution in [0.4, 0.5) is 0 Å². The molecule has 0 spiro atoms. The third kappa shape index (κ3) is 98.6. The van der Waals surface area contributed by atoms with Gasteiger partial charge >= 0.3 is 59.7 Å². The Labute approximate surface area is 675 Å². The topological polar surface area (TPSA) is 328 Å². The van der Waals surface area contributed by atoms with Gasteiger partial charge in [0.15, 0.2) is 0 Å². The molecule has 0 amide bonds. The lowest BCUT2D eigenvalue weighted by atomic mass is 9.97. The minimum atomic E-state index is -0.438. The first kappa shape index (κ1) is 126. The molecule has 111 heavy (non-hydrogen) atoms. The number of carbonyl (C=O) groups excluding carboxylic acids is 10. The maximum Gasteiger partial charge on any atom is 0.311 e. The Balaban J connectivity index is -0.000000128. The molecule has 0 aliphatic rings. The second-order valence-corrected chi connectivity index (χ2v) is 35.0. The number of ether oxygens (including phenoxy) is 17. The number of hydrogen-bond donors (Lipinski definition) is 0. The van der Waals surface area contributed by atoms with Crippen LogP contribution in [0.2, 0.25) is 0 Å². The van der Waals surface area contributed by atoms with Crippen molar-refractivity contribution in [3.05, 3.63) is 0 Å². The third-order valence-corrected chi connectivity index (χ3v) is 11.7. The average Bonchev–Trinajstić information content (AvgIpc) is 0.964. The monoisotopic (exact) mass is 1610 g/mol. The maximum absolute atomic E-state index is 11.3. The molecule has 0 unspecified atom stereocenters. The zero-order valence-electron chi connectivity index (χ0n) is 78.0. The van der Waals surface area contributed by atoms with E-state index in [0.29, 0.717) is 119 Å². The van der Waals surface area contributed by atoms with Crippen LogP contribution < -0.4 is 0 Å². The van der Waals surface area contributed by atoms with Gasteiger partial charge in [0.25, 0.3) is 0 Å². The van der Waals surface area contributed by atoms with Crippen LogP contribution in [0.5, 0.6) is 0 Å². The summed E-state index contributed by atoms with van der Waals surface area (Å²) in [5, 5.41) is 0. The number of carbonyl (C=O) groups is 10. The van der Waals surface area contributed by atoms with Gasteiger partial charge in [-0.2, -0.15) is 0 Å². The van der Waals surface area contributed by atoms with Gasteiger partial charge in [0.2, 0.25) is 0 Å². The van der Waals surface area contributed by atoms with Crippen LogP contribution in [0, 0.1) is 54.1 Å². The summed E-state index contributed by atoms with van der Waals surface area (Å²) in [6.45, 7) is 73.8. The molecule has 0 aromatic carbocycles.